The SMILES string of the molecule is CCC(CC)c1cc(CNC(=O)NC(C)C2CCCO2)on1. The smallest absolute Gasteiger partial charge is 0.315 e. The molecule has 0 saturated carbocycles. The highest BCUT2D eigenvalue weighted by Crippen LogP contribution is 2.22. The number of urea groups is 1. The molecule has 0 aromatic carbocycles. The van der Waals surface area contributed by atoms with E-state index in [-0.39, 0.29) is 18.2 Å². The number of nitrogens with zero attached hydrogens (tertiary/aromatic N) is 1. The predicted molar refractivity (Wildman–Crippen MR) is 83.6 cm³/mol. The lowest BCUT2D eigenvalue weighted by Crippen LogP contribution is -2.45. The maximum Gasteiger partial charge on any atom is 0.315 e. The molecule has 6 nitrogen and oxygen atoms in total. The standard InChI is InChI=1S/C16H27N3O3/c1-4-12(5-2)14-9-13(22-19-14)10-17-16(20)18-11(3)15-7-6-8-21-15/h9,11-12,15H,4-8,10H2,1-3H3,(H2,17,18,20). The summed E-state index contributed by atoms with van der Waals surface area (Å²) >= 11 is 0. The van der Waals surface area contributed by atoms with Crippen LogP contribution >= 0.6 is 0 Å². The maximum atomic E-state index is 11.9. The number of aromatic nitrogens is 1. The van der Waals surface area contributed by atoms with E-state index in [0.29, 0.717) is 18.2 Å². The van der Waals surface area contributed by atoms with Crippen LogP contribution in [0, 0.1) is 0 Å². The van der Waals surface area contributed by atoms with E-state index in [1.807, 2.05) is 13.0 Å². The second-order valence-corrected chi connectivity index (χ2v) is 5.90. The first-order valence-electron chi connectivity index (χ1n) is 8.25. The van der Waals surface area contributed by atoms with Crippen LogP contribution in [-0.4, -0.2) is 29.9 Å². The van der Waals surface area contributed by atoms with Gasteiger partial charge in [-0.15, -0.1) is 0 Å². The normalized spacial score (nSPS) is 19.4. The van der Waals surface area contributed by atoms with Crippen molar-refractivity contribution in [3.63, 3.8) is 0 Å². The Morgan fingerprint density at radius 2 is 2.23 bits per heavy atom. The average molecular weight is 309 g/mol. The fraction of sp³-hybridized carbons (Fsp3) is 0.750. The van der Waals surface area contributed by atoms with Crippen molar-refractivity contribution in [1.29, 1.82) is 0 Å². The van der Waals surface area contributed by atoms with Crippen LogP contribution in [0.25, 0.3) is 0 Å². The molecule has 2 heterocycles. The van der Waals surface area contributed by atoms with Gasteiger partial charge in [-0.2, -0.15) is 0 Å². The van der Waals surface area contributed by atoms with Crippen LogP contribution in [0.3, 0.4) is 0 Å². The van der Waals surface area contributed by atoms with E-state index in [0.717, 1.165) is 38.0 Å². The molecule has 2 amide bonds. The summed E-state index contributed by atoms with van der Waals surface area (Å²) in [6.07, 6.45) is 4.26. The molecule has 1 fully saturated rings. The number of nitrogens with one attached hydrogen (secondary N) is 2. The summed E-state index contributed by atoms with van der Waals surface area (Å²) in [7, 11) is 0. The van der Waals surface area contributed by atoms with Crippen LogP contribution in [-0.2, 0) is 11.3 Å². The van der Waals surface area contributed by atoms with E-state index < -0.39 is 0 Å². The third-order valence-electron chi connectivity index (χ3n) is 4.29. The first kappa shape index (κ1) is 16.8. The minimum absolute atomic E-state index is 0.0114. The monoisotopic (exact) mass is 309 g/mol. The third-order valence-corrected chi connectivity index (χ3v) is 4.29. The summed E-state index contributed by atoms with van der Waals surface area (Å²) in [5.41, 5.74) is 0.968. The van der Waals surface area contributed by atoms with Gasteiger partial charge in [0.15, 0.2) is 5.76 Å². The van der Waals surface area contributed by atoms with Gasteiger partial charge in [-0.05, 0) is 32.6 Å². The second-order valence-electron chi connectivity index (χ2n) is 5.90. The topological polar surface area (TPSA) is 76.4 Å². The molecule has 1 aliphatic rings. The van der Waals surface area contributed by atoms with Gasteiger partial charge >= 0.3 is 6.03 Å². The highest BCUT2D eigenvalue weighted by Gasteiger charge is 2.23. The van der Waals surface area contributed by atoms with Gasteiger partial charge in [0, 0.05) is 18.6 Å². The van der Waals surface area contributed by atoms with Crippen molar-refractivity contribution in [2.45, 2.75) is 71.1 Å². The summed E-state index contributed by atoms with van der Waals surface area (Å²) in [5.74, 6) is 1.10. The molecule has 2 N–H and O–H groups in total. The van der Waals surface area contributed by atoms with Crippen molar-refractivity contribution >= 4 is 6.03 Å². The molecular weight excluding hydrogens is 282 g/mol. The molecule has 2 atom stereocenters. The first-order chi connectivity index (χ1) is 10.6. The Labute approximate surface area is 132 Å². The summed E-state index contributed by atoms with van der Waals surface area (Å²) in [6, 6.07) is 1.74. The second kappa shape index (κ2) is 8.17. The number of carbonyl (C=O) groups excluding carboxylic acids is 1. The number of hydrogen-bond acceptors (Lipinski definition) is 4. The van der Waals surface area contributed by atoms with E-state index in [4.69, 9.17) is 9.26 Å². The van der Waals surface area contributed by atoms with Crippen molar-refractivity contribution in [1.82, 2.24) is 15.8 Å². The molecule has 2 unspecified atom stereocenters. The average Bonchev–Trinajstić information content (AvgIpc) is 3.18. The van der Waals surface area contributed by atoms with E-state index >= 15 is 0 Å². The predicted octanol–water partition coefficient (Wildman–Crippen LogP) is 2.94. The minimum atomic E-state index is -0.205. The van der Waals surface area contributed by atoms with Crippen molar-refractivity contribution < 1.29 is 14.1 Å². The molecule has 1 saturated heterocycles. The molecule has 22 heavy (non-hydrogen) atoms. The Hall–Kier alpha value is -1.56. The number of carbonyl (C=O) groups is 1. The summed E-state index contributed by atoms with van der Waals surface area (Å²) in [4.78, 5) is 11.9. The Bertz CT molecular complexity index is 465. The first-order valence-corrected chi connectivity index (χ1v) is 8.25. The minimum Gasteiger partial charge on any atom is -0.376 e. The van der Waals surface area contributed by atoms with Crippen LogP contribution in [0.5, 0.6) is 0 Å². The zero-order valence-corrected chi connectivity index (χ0v) is 13.7. The van der Waals surface area contributed by atoms with Gasteiger partial charge in [0.25, 0.3) is 0 Å². The molecule has 1 aliphatic heterocycles. The molecule has 0 bridgehead atoms. The van der Waals surface area contributed by atoms with Crippen LogP contribution in [0.15, 0.2) is 10.6 Å². The summed E-state index contributed by atoms with van der Waals surface area (Å²) < 4.78 is 10.8. The van der Waals surface area contributed by atoms with Gasteiger partial charge in [-0.1, -0.05) is 19.0 Å². The zero-order valence-electron chi connectivity index (χ0n) is 13.7. The molecule has 6 heteroatoms. The molecule has 2 rings (SSSR count). The quantitative estimate of drug-likeness (QED) is 0.812. The number of hydrogen-bond donors (Lipinski definition) is 2. The third kappa shape index (κ3) is 4.47. The maximum absolute atomic E-state index is 11.9. The van der Waals surface area contributed by atoms with E-state index in [9.17, 15) is 4.79 Å². The fourth-order valence-corrected chi connectivity index (χ4v) is 2.83. The summed E-state index contributed by atoms with van der Waals surface area (Å²) in [6.45, 7) is 7.38. The van der Waals surface area contributed by atoms with E-state index in [1.54, 1.807) is 0 Å². The van der Waals surface area contributed by atoms with Gasteiger partial charge in [0.05, 0.1) is 24.4 Å². The van der Waals surface area contributed by atoms with Crippen molar-refractivity contribution in [3.8, 4) is 0 Å². The van der Waals surface area contributed by atoms with Crippen LogP contribution in [0.2, 0.25) is 0 Å². The highest BCUT2D eigenvalue weighted by atomic mass is 16.5. The molecule has 124 valence electrons. The number of amides is 2. The number of ether oxygens (including phenoxy) is 1. The fourth-order valence-electron chi connectivity index (χ4n) is 2.83. The van der Waals surface area contributed by atoms with Crippen molar-refractivity contribution in [2.24, 2.45) is 0 Å². The number of rotatable bonds is 7. The molecule has 0 aliphatic carbocycles. The van der Waals surface area contributed by atoms with Crippen LogP contribution < -0.4 is 10.6 Å². The van der Waals surface area contributed by atoms with Crippen LogP contribution in [0.4, 0.5) is 4.79 Å². The largest absolute Gasteiger partial charge is 0.376 e. The van der Waals surface area contributed by atoms with Gasteiger partial charge < -0.3 is 19.9 Å². The van der Waals surface area contributed by atoms with E-state index in [2.05, 4.69) is 29.6 Å². The van der Waals surface area contributed by atoms with Crippen molar-refractivity contribution in [2.75, 3.05) is 6.61 Å². The highest BCUT2D eigenvalue weighted by molar-refractivity contribution is 5.74. The van der Waals surface area contributed by atoms with Gasteiger partial charge in [0.2, 0.25) is 0 Å². The lowest BCUT2D eigenvalue weighted by atomic mass is 9.99. The molecule has 1 aromatic rings. The lowest BCUT2D eigenvalue weighted by molar-refractivity contribution is 0.0860. The van der Waals surface area contributed by atoms with E-state index in [1.165, 1.54) is 0 Å². The van der Waals surface area contributed by atoms with Crippen molar-refractivity contribution in [3.05, 3.63) is 17.5 Å². The Kier molecular flexibility index (Phi) is 6.24. The van der Waals surface area contributed by atoms with Gasteiger partial charge in [0.1, 0.15) is 0 Å². The molecule has 0 spiro atoms. The van der Waals surface area contributed by atoms with Gasteiger partial charge in [-0.3, -0.25) is 0 Å². The van der Waals surface area contributed by atoms with Crippen LogP contribution in [0.1, 0.15) is 63.8 Å². The zero-order chi connectivity index (χ0) is 15.9. The molecule has 1 aromatic heterocycles. The molecule has 0 radical (unpaired) electrons. The summed E-state index contributed by atoms with van der Waals surface area (Å²) in [5, 5.41) is 9.80. The Balaban J connectivity index is 1.76. The Morgan fingerprint density at radius 1 is 1.45 bits per heavy atom. The lowest BCUT2D eigenvalue weighted by Gasteiger charge is -2.19. The van der Waals surface area contributed by atoms with Gasteiger partial charge in [-0.25, -0.2) is 4.79 Å². The molecular formula is C16H27N3O3. The Morgan fingerprint density at radius 3 is 2.86 bits per heavy atom.